The summed E-state index contributed by atoms with van der Waals surface area (Å²) >= 11 is 0.823. The molecule has 0 radical (unpaired) electrons. The number of imide groups is 1. The molecule has 6 nitrogen and oxygen atoms in total. The van der Waals surface area contributed by atoms with Crippen molar-refractivity contribution in [2.24, 2.45) is 0 Å². The SMILES string of the molecule is CCOC(=O)[C@H](C)N1C(=O)S/C(=C/c2ccc(OCC)c3ccccc23)C1=O. The largest absolute Gasteiger partial charge is 0.493 e. The number of thioether (sulfide) groups is 1. The fourth-order valence-electron chi connectivity index (χ4n) is 3.03. The number of fused-ring (bicyclic) bond motifs is 1. The number of carbonyl (C=O) groups excluding carboxylic acids is 3. The van der Waals surface area contributed by atoms with Crippen molar-refractivity contribution in [1.82, 2.24) is 4.90 Å². The maximum absolute atomic E-state index is 12.8. The zero-order chi connectivity index (χ0) is 20.3. The number of amides is 2. The van der Waals surface area contributed by atoms with Gasteiger partial charge in [-0.1, -0.05) is 30.3 Å². The highest BCUT2D eigenvalue weighted by molar-refractivity contribution is 8.18. The van der Waals surface area contributed by atoms with E-state index in [1.807, 2.05) is 43.3 Å². The Morgan fingerprint density at radius 1 is 1.11 bits per heavy atom. The van der Waals surface area contributed by atoms with Gasteiger partial charge in [-0.2, -0.15) is 0 Å². The quantitative estimate of drug-likeness (QED) is 0.535. The molecule has 146 valence electrons. The Hall–Kier alpha value is -2.80. The molecule has 0 aliphatic carbocycles. The van der Waals surface area contributed by atoms with Gasteiger partial charge in [-0.05, 0) is 55.6 Å². The summed E-state index contributed by atoms with van der Waals surface area (Å²) in [5, 5.41) is 1.36. The van der Waals surface area contributed by atoms with E-state index in [9.17, 15) is 14.4 Å². The van der Waals surface area contributed by atoms with E-state index in [2.05, 4.69) is 0 Å². The van der Waals surface area contributed by atoms with E-state index in [0.29, 0.717) is 6.61 Å². The lowest BCUT2D eigenvalue weighted by Crippen LogP contribution is -2.42. The zero-order valence-corrected chi connectivity index (χ0v) is 16.7. The molecule has 1 fully saturated rings. The minimum atomic E-state index is -0.963. The first kappa shape index (κ1) is 19.9. The fourth-order valence-corrected chi connectivity index (χ4v) is 3.92. The van der Waals surface area contributed by atoms with Gasteiger partial charge in [0, 0.05) is 5.39 Å². The maximum atomic E-state index is 12.8. The minimum absolute atomic E-state index is 0.188. The number of nitrogens with zero attached hydrogens (tertiary/aromatic N) is 1. The minimum Gasteiger partial charge on any atom is -0.493 e. The molecule has 0 N–H and O–H groups in total. The van der Waals surface area contributed by atoms with Gasteiger partial charge in [0.1, 0.15) is 11.8 Å². The van der Waals surface area contributed by atoms with Crippen LogP contribution in [0.4, 0.5) is 4.79 Å². The summed E-state index contributed by atoms with van der Waals surface area (Å²) in [6, 6.07) is 10.5. The first-order chi connectivity index (χ1) is 13.5. The number of hydrogen-bond donors (Lipinski definition) is 0. The second-order valence-electron chi connectivity index (χ2n) is 6.11. The number of carbonyl (C=O) groups is 3. The molecule has 1 aliphatic rings. The van der Waals surface area contributed by atoms with Crippen LogP contribution in [0, 0.1) is 0 Å². The van der Waals surface area contributed by atoms with E-state index in [0.717, 1.165) is 38.7 Å². The molecule has 2 amide bonds. The summed E-state index contributed by atoms with van der Waals surface area (Å²) < 4.78 is 10.6. The van der Waals surface area contributed by atoms with Gasteiger partial charge in [0.25, 0.3) is 11.1 Å². The van der Waals surface area contributed by atoms with Crippen LogP contribution in [0.2, 0.25) is 0 Å². The van der Waals surface area contributed by atoms with Crippen LogP contribution in [0.1, 0.15) is 26.3 Å². The van der Waals surface area contributed by atoms with Crippen LogP contribution in [0.3, 0.4) is 0 Å². The van der Waals surface area contributed by atoms with Crippen LogP contribution in [0.5, 0.6) is 5.75 Å². The van der Waals surface area contributed by atoms with E-state index in [4.69, 9.17) is 9.47 Å². The summed E-state index contributed by atoms with van der Waals surface area (Å²) in [6.07, 6.45) is 1.68. The van der Waals surface area contributed by atoms with Gasteiger partial charge < -0.3 is 9.47 Å². The molecule has 0 aromatic heterocycles. The number of hydrogen-bond acceptors (Lipinski definition) is 6. The lowest BCUT2D eigenvalue weighted by molar-refractivity contribution is -0.150. The molecule has 0 unspecified atom stereocenters. The smallest absolute Gasteiger partial charge is 0.329 e. The van der Waals surface area contributed by atoms with Crippen molar-refractivity contribution in [3.05, 3.63) is 46.9 Å². The van der Waals surface area contributed by atoms with Crippen molar-refractivity contribution >= 4 is 45.7 Å². The predicted molar refractivity (Wildman–Crippen MR) is 109 cm³/mol. The van der Waals surface area contributed by atoms with Crippen molar-refractivity contribution < 1.29 is 23.9 Å². The van der Waals surface area contributed by atoms with Crippen LogP contribution in [0.15, 0.2) is 41.3 Å². The molecular formula is C21H21NO5S. The average Bonchev–Trinajstić information content (AvgIpc) is 2.96. The third-order valence-corrected chi connectivity index (χ3v) is 5.23. The molecule has 0 saturated carbocycles. The number of benzene rings is 2. The van der Waals surface area contributed by atoms with Gasteiger partial charge in [0.15, 0.2) is 0 Å². The van der Waals surface area contributed by atoms with Crippen LogP contribution in [-0.2, 0) is 14.3 Å². The molecule has 0 spiro atoms. The molecule has 1 saturated heterocycles. The molecule has 0 bridgehead atoms. The summed E-state index contributed by atoms with van der Waals surface area (Å²) in [5.41, 5.74) is 0.799. The van der Waals surface area contributed by atoms with Crippen LogP contribution >= 0.6 is 11.8 Å². The van der Waals surface area contributed by atoms with Gasteiger partial charge in [0.2, 0.25) is 0 Å². The van der Waals surface area contributed by atoms with Gasteiger partial charge in [-0.15, -0.1) is 0 Å². The Morgan fingerprint density at radius 2 is 1.82 bits per heavy atom. The normalized spacial score (nSPS) is 16.7. The molecule has 1 atom stereocenters. The second-order valence-corrected chi connectivity index (χ2v) is 7.10. The van der Waals surface area contributed by atoms with Crippen molar-refractivity contribution in [3.8, 4) is 5.75 Å². The third kappa shape index (κ3) is 3.75. The predicted octanol–water partition coefficient (Wildman–Crippen LogP) is 4.23. The van der Waals surface area contributed by atoms with Gasteiger partial charge >= 0.3 is 5.97 Å². The monoisotopic (exact) mass is 399 g/mol. The molecular weight excluding hydrogens is 378 g/mol. The van der Waals surface area contributed by atoms with E-state index in [1.165, 1.54) is 6.92 Å². The Labute approximate surface area is 167 Å². The molecule has 1 heterocycles. The highest BCUT2D eigenvalue weighted by Gasteiger charge is 2.41. The van der Waals surface area contributed by atoms with E-state index in [-0.39, 0.29) is 11.5 Å². The number of ether oxygens (including phenoxy) is 2. The van der Waals surface area contributed by atoms with Gasteiger partial charge in [-0.25, -0.2) is 4.79 Å². The highest BCUT2D eigenvalue weighted by atomic mass is 32.2. The summed E-state index contributed by atoms with van der Waals surface area (Å²) in [6.45, 7) is 5.82. The molecule has 7 heteroatoms. The maximum Gasteiger partial charge on any atom is 0.329 e. The lowest BCUT2D eigenvalue weighted by atomic mass is 10.0. The number of esters is 1. The summed E-state index contributed by atoms with van der Waals surface area (Å²) in [4.78, 5) is 38.3. The van der Waals surface area contributed by atoms with Gasteiger partial charge in [0.05, 0.1) is 18.1 Å². The Morgan fingerprint density at radius 3 is 2.50 bits per heavy atom. The van der Waals surface area contributed by atoms with Crippen molar-refractivity contribution in [3.63, 3.8) is 0 Å². The molecule has 2 aromatic rings. The van der Waals surface area contributed by atoms with Crippen molar-refractivity contribution in [1.29, 1.82) is 0 Å². The van der Waals surface area contributed by atoms with E-state index < -0.39 is 23.2 Å². The van der Waals surface area contributed by atoms with E-state index >= 15 is 0 Å². The van der Waals surface area contributed by atoms with Crippen molar-refractivity contribution in [2.45, 2.75) is 26.8 Å². The zero-order valence-electron chi connectivity index (χ0n) is 15.9. The average molecular weight is 399 g/mol. The van der Waals surface area contributed by atoms with Crippen LogP contribution < -0.4 is 4.74 Å². The topological polar surface area (TPSA) is 72.9 Å². The Bertz CT molecular complexity index is 968. The Kier molecular flexibility index (Phi) is 6.04. The van der Waals surface area contributed by atoms with E-state index in [1.54, 1.807) is 13.0 Å². The molecule has 1 aliphatic heterocycles. The molecule has 3 rings (SSSR count). The second kappa shape index (κ2) is 8.48. The lowest BCUT2D eigenvalue weighted by Gasteiger charge is -2.19. The van der Waals surface area contributed by atoms with Crippen molar-refractivity contribution in [2.75, 3.05) is 13.2 Å². The number of rotatable bonds is 6. The summed E-state index contributed by atoms with van der Waals surface area (Å²) in [5.74, 6) is -0.328. The molecule has 2 aromatic carbocycles. The van der Waals surface area contributed by atoms with Gasteiger partial charge in [-0.3, -0.25) is 14.5 Å². The fraction of sp³-hybridized carbons (Fsp3) is 0.286. The highest BCUT2D eigenvalue weighted by Crippen LogP contribution is 2.36. The summed E-state index contributed by atoms with van der Waals surface area (Å²) in [7, 11) is 0. The standard InChI is InChI=1S/C21H21NO5S/c1-4-26-17-11-10-14(15-8-6-7-9-16(15)17)12-18-19(23)22(21(25)28-18)13(3)20(24)27-5-2/h6-13H,4-5H2,1-3H3/b18-12+/t13-/m0/s1. The van der Waals surface area contributed by atoms with Crippen LogP contribution in [0.25, 0.3) is 16.8 Å². The first-order valence-corrected chi connectivity index (χ1v) is 9.87. The first-order valence-electron chi connectivity index (χ1n) is 9.06. The third-order valence-electron chi connectivity index (χ3n) is 4.34. The molecule has 28 heavy (non-hydrogen) atoms. The Balaban J connectivity index is 1.97. The van der Waals surface area contributed by atoms with Crippen LogP contribution in [-0.4, -0.2) is 41.3 Å².